The molecule has 1 unspecified atom stereocenters. The van der Waals surface area contributed by atoms with E-state index in [1.165, 1.54) is 7.05 Å². The van der Waals surface area contributed by atoms with Gasteiger partial charge in [0, 0.05) is 13.1 Å². The number of hydrogen-bond donors (Lipinski definition) is 1. The zero-order valence-electron chi connectivity index (χ0n) is 10.7. The fourth-order valence-corrected chi connectivity index (χ4v) is 2.76. The van der Waals surface area contributed by atoms with Gasteiger partial charge < -0.3 is 5.32 Å². The van der Waals surface area contributed by atoms with Crippen molar-refractivity contribution in [1.82, 2.24) is 10.2 Å². The minimum Gasteiger partial charge on any atom is -0.303 e. The van der Waals surface area contributed by atoms with Crippen LogP contribution in [0.15, 0.2) is 0 Å². The summed E-state index contributed by atoms with van der Waals surface area (Å²) in [4.78, 5) is 24.1. The zero-order valence-corrected chi connectivity index (χ0v) is 10.7. The van der Waals surface area contributed by atoms with E-state index < -0.39 is 18.1 Å². The van der Waals surface area contributed by atoms with Crippen molar-refractivity contribution >= 4 is 11.8 Å². The van der Waals surface area contributed by atoms with Crippen molar-refractivity contribution in [1.29, 1.82) is 0 Å². The number of halogens is 3. The normalized spacial score (nSPS) is 33.1. The lowest BCUT2D eigenvalue weighted by Crippen LogP contribution is -2.45. The predicted molar refractivity (Wildman–Crippen MR) is 61.1 cm³/mol. The Labute approximate surface area is 109 Å². The number of carbonyl (C=O) groups excluding carboxylic acids is 2. The fourth-order valence-electron chi connectivity index (χ4n) is 2.76. The van der Waals surface area contributed by atoms with Gasteiger partial charge in [0.25, 0.3) is 0 Å². The molecule has 2 fully saturated rings. The fraction of sp³-hybridized carbons (Fsp3) is 0.833. The molecule has 1 atom stereocenters. The van der Waals surface area contributed by atoms with Crippen molar-refractivity contribution in [3.63, 3.8) is 0 Å². The molecule has 19 heavy (non-hydrogen) atoms. The van der Waals surface area contributed by atoms with Crippen molar-refractivity contribution in [3.05, 3.63) is 0 Å². The lowest BCUT2D eigenvalue weighted by molar-refractivity contribution is -0.182. The average molecular weight is 278 g/mol. The van der Waals surface area contributed by atoms with Gasteiger partial charge >= 0.3 is 6.18 Å². The first-order chi connectivity index (χ1) is 8.79. The van der Waals surface area contributed by atoms with Crippen LogP contribution < -0.4 is 5.32 Å². The number of likely N-dealkylation sites (tertiary alicyclic amines) is 1. The van der Waals surface area contributed by atoms with Gasteiger partial charge in [0.2, 0.25) is 11.8 Å². The summed E-state index contributed by atoms with van der Waals surface area (Å²) < 4.78 is 37.5. The molecule has 0 bridgehead atoms. The van der Waals surface area contributed by atoms with Crippen LogP contribution in [-0.4, -0.2) is 42.0 Å². The van der Waals surface area contributed by atoms with Crippen LogP contribution in [0.4, 0.5) is 13.2 Å². The van der Waals surface area contributed by atoms with Gasteiger partial charge in [0.1, 0.15) is 0 Å². The molecule has 2 rings (SSSR count). The van der Waals surface area contributed by atoms with Gasteiger partial charge in [0.15, 0.2) is 0 Å². The van der Waals surface area contributed by atoms with Crippen LogP contribution >= 0.6 is 0 Å². The van der Waals surface area contributed by atoms with Crippen molar-refractivity contribution in [2.45, 2.75) is 50.4 Å². The summed E-state index contributed by atoms with van der Waals surface area (Å²) in [5, 5.41) is 3.02. The summed E-state index contributed by atoms with van der Waals surface area (Å²) in [6, 6.07) is -0.670. The number of rotatable bonds is 2. The number of carbonyl (C=O) groups is 2. The van der Waals surface area contributed by atoms with Crippen molar-refractivity contribution in [2.75, 3.05) is 7.05 Å². The van der Waals surface area contributed by atoms with Crippen molar-refractivity contribution in [3.8, 4) is 0 Å². The Hall–Kier alpha value is -1.11. The molecule has 0 aromatic rings. The lowest BCUT2D eigenvalue weighted by Gasteiger charge is -2.31. The third-order valence-electron chi connectivity index (χ3n) is 4.01. The third-order valence-corrected chi connectivity index (χ3v) is 4.01. The summed E-state index contributed by atoms with van der Waals surface area (Å²) in [5.41, 5.74) is 0. The highest BCUT2D eigenvalue weighted by atomic mass is 19.4. The Morgan fingerprint density at radius 2 is 1.74 bits per heavy atom. The molecule has 0 aromatic heterocycles. The molecule has 1 N–H and O–H groups in total. The SMILES string of the molecule is CN1C(=O)CC(NC2CCC(C(F)(F)F)CC2)C1=O. The summed E-state index contributed by atoms with van der Waals surface area (Å²) in [5.74, 6) is -1.76. The van der Waals surface area contributed by atoms with Gasteiger partial charge in [-0.3, -0.25) is 14.5 Å². The molecule has 1 heterocycles. The first-order valence-electron chi connectivity index (χ1n) is 6.42. The van der Waals surface area contributed by atoms with E-state index in [1.807, 2.05) is 0 Å². The first kappa shape index (κ1) is 14.3. The molecule has 1 saturated carbocycles. The summed E-state index contributed by atoms with van der Waals surface area (Å²) in [6.07, 6.45) is -3.05. The van der Waals surface area contributed by atoms with Crippen LogP contribution in [0.3, 0.4) is 0 Å². The second kappa shape index (κ2) is 5.11. The van der Waals surface area contributed by atoms with E-state index in [9.17, 15) is 22.8 Å². The maximum absolute atomic E-state index is 12.5. The van der Waals surface area contributed by atoms with Crippen LogP contribution in [0, 0.1) is 5.92 Å². The van der Waals surface area contributed by atoms with Crippen LogP contribution in [0.2, 0.25) is 0 Å². The van der Waals surface area contributed by atoms with E-state index >= 15 is 0 Å². The average Bonchev–Trinajstić information content (AvgIpc) is 2.57. The summed E-state index contributed by atoms with van der Waals surface area (Å²) in [7, 11) is 1.42. The Balaban J connectivity index is 1.84. The van der Waals surface area contributed by atoms with Gasteiger partial charge in [-0.05, 0) is 25.7 Å². The van der Waals surface area contributed by atoms with Gasteiger partial charge in [0.05, 0.1) is 18.4 Å². The standard InChI is InChI=1S/C12H17F3N2O2/c1-17-10(18)6-9(11(17)19)16-8-4-2-7(3-5-8)12(13,14)15/h7-9,16H,2-6H2,1H3. The topological polar surface area (TPSA) is 49.4 Å². The molecule has 1 saturated heterocycles. The molecule has 108 valence electrons. The lowest BCUT2D eigenvalue weighted by atomic mass is 9.85. The molecule has 2 aliphatic rings. The van der Waals surface area contributed by atoms with Gasteiger partial charge in [-0.1, -0.05) is 0 Å². The van der Waals surface area contributed by atoms with Crippen LogP contribution in [0.25, 0.3) is 0 Å². The largest absolute Gasteiger partial charge is 0.391 e. The van der Waals surface area contributed by atoms with E-state index in [2.05, 4.69) is 5.32 Å². The van der Waals surface area contributed by atoms with Crippen LogP contribution in [0.1, 0.15) is 32.1 Å². The summed E-state index contributed by atoms with van der Waals surface area (Å²) >= 11 is 0. The third kappa shape index (κ3) is 3.08. The number of nitrogens with zero attached hydrogens (tertiary/aromatic N) is 1. The smallest absolute Gasteiger partial charge is 0.303 e. The van der Waals surface area contributed by atoms with E-state index in [1.54, 1.807) is 0 Å². The maximum Gasteiger partial charge on any atom is 0.391 e. The Morgan fingerprint density at radius 3 is 2.16 bits per heavy atom. The van der Waals surface area contributed by atoms with E-state index in [4.69, 9.17) is 0 Å². The minimum atomic E-state index is -4.12. The molecule has 2 amide bonds. The quantitative estimate of drug-likeness (QED) is 0.778. The molecule has 0 spiro atoms. The molecular weight excluding hydrogens is 261 g/mol. The number of alkyl halides is 3. The van der Waals surface area contributed by atoms with Gasteiger partial charge in [-0.2, -0.15) is 13.2 Å². The highest BCUT2D eigenvalue weighted by Crippen LogP contribution is 2.37. The number of amides is 2. The maximum atomic E-state index is 12.5. The number of nitrogens with one attached hydrogen (secondary N) is 1. The Morgan fingerprint density at radius 1 is 1.16 bits per heavy atom. The monoisotopic (exact) mass is 278 g/mol. The second-order valence-electron chi connectivity index (χ2n) is 5.30. The van der Waals surface area contributed by atoms with Crippen LogP contribution in [0.5, 0.6) is 0 Å². The molecule has 1 aliphatic heterocycles. The minimum absolute atomic E-state index is 0.0891. The molecular formula is C12H17F3N2O2. The Bertz CT molecular complexity index is 376. The first-order valence-corrected chi connectivity index (χ1v) is 6.42. The van der Waals surface area contributed by atoms with Crippen molar-refractivity contribution in [2.24, 2.45) is 5.92 Å². The second-order valence-corrected chi connectivity index (χ2v) is 5.30. The van der Waals surface area contributed by atoms with E-state index in [-0.39, 0.29) is 37.1 Å². The predicted octanol–water partition coefficient (Wildman–Crippen LogP) is 1.45. The van der Waals surface area contributed by atoms with E-state index in [0.29, 0.717) is 12.8 Å². The zero-order chi connectivity index (χ0) is 14.2. The highest BCUT2D eigenvalue weighted by molar-refractivity contribution is 6.05. The molecule has 4 nitrogen and oxygen atoms in total. The van der Waals surface area contributed by atoms with Crippen LogP contribution in [-0.2, 0) is 9.59 Å². The van der Waals surface area contributed by atoms with Gasteiger partial charge in [-0.15, -0.1) is 0 Å². The Kier molecular flexibility index (Phi) is 3.85. The summed E-state index contributed by atoms with van der Waals surface area (Å²) in [6.45, 7) is 0. The van der Waals surface area contributed by atoms with E-state index in [0.717, 1.165) is 4.90 Å². The molecule has 1 aliphatic carbocycles. The number of hydrogen-bond acceptors (Lipinski definition) is 3. The molecule has 0 radical (unpaired) electrons. The van der Waals surface area contributed by atoms with Crippen molar-refractivity contribution < 1.29 is 22.8 Å². The number of imide groups is 1. The van der Waals surface area contributed by atoms with Gasteiger partial charge in [-0.25, -0.2) is 0 Å². The highest BCUT2D eigenvalue weighted by Gasteiger charge is 2.43. The molecule has 7 heteroatoms. The molecule has 0 aromatic carbocycles. The number of likely N-dealkylation sites (N-methyl/N-ethyl adjacent to an activating group) is 1.